The van der Waals surface area contributed by atoms with Crippen LogP contribution in [0.1, 0.15) is 36.9 Å². The number of nitrogens with zero attached hydrogens (tertiary/aromatic N) is 4. The molecule has 0 aromatic carbocycles. The summed E-state index contributed by atoms with van der Waals surface area (Å²) in [5.74, 6) is 2.83. The molecular formula is C17H26N4O. The van der Waals surface area contributed by atoms with Crippen LogP contribution in [-0.4, -0.2) is 48.9 Å². The second-order valence-corrected chi connectivity index (χ2v) is 6.94. The summed E-state index contributed by atoms with van der Waals surface area (Å²) in [6.45, 7) is 9.20. The zero-order valence-electron chi connectivity index (χ0n) is 13.7. The summed E-state index contributed by atoms with van der Waals surface area (Å²) in [5.41, 5.74) is 2.33. The maximum absolute atomic E-state index is 5.96. The van der Waals surface area contributed by atoms with Gasteiger partial charge in [0.05, 0.1) is 12.7 Å². The average molecular weight is 302 g/mol. The fourth-order valence-electron chi connectivity index (χ4n) is 3.59. The van der Waals surface area contributed by atoms with Crippen LogP contribution in [0.3, 0.4) is 0 Å². The Hall–Kier alpha value is -1.36. The van der Waals surface area contributed by atoms with Gasteiger partial charge in [-0.05, 0) is 45.4 Å². The molecule has 120 valence electrons. The van der Waals surface area contributed by atoms with Gasteiger partial charge >= 0.3 is 0 Å². The van der Waals surface area contributed by atoms with E-state index in [9.17, 15) is 0 Å². The third-order valence-electron chi connectivity index (χ3n) is 5.28. The third-order valence-corrected chi connectivity index (χ3v) is 5.28. The molecule has 3 aliphatic rings. The molecule has 2 aliphatic heterocycles. The normalized spacial score (nSPS) is 25.8. The number of anilines is 2. The lowest BCUT2D eigenvalue weighted by molar-refractivity contribution is 0.0261. The Labute approximate surface area is 132 Å². The lowest BCUT2D eigenvalue weighted by atomic mass is 10.1. The van der Waals surface area contributed by atoms with Crippen LogP contribution in [0.2, 0.25) is 0 Å². The summed E-state index contributed by atoms with van der Waals surface area (Å²) < 4.78 is 5.96. The molecular weight excluding hydrogens is 276 g/mol. The Morgan fingerprint density at radius 1 is 1.00 bits per heavy atom. The number of aryl methyl sites for hydroxylation is 1. The van der Waals surface area contributed by atoms with Crippen molar-refractivity contribution in [2.24, 2.45) is 5.92 Å². The molecule has 3 fully saturated rings. The van der Waals surface area contributed by atoms with E-state index in [1.165, 1.54) is 31.2 Å². The highest BCUT2D eigenvalue weighted by molar-refractivity contribution is 5.53. The van der Waals surface area contributed by atoms with Gasteiger partial charge in [0.25, 0.3) is 0 Å². The van der Waals surface area contributed by atoms with Crippen LogP contribution in [0, 0.1) is 19.8 Å². The smallest absolute Gasteiger partial charge is 0.227 e. The molecule has 2 saturated heterocycles. The number of hydrogen-bond acceptors (Lipinski definition) is 5. The Kier molecular flexibility index (Phi) is 3.68. The van der Waals surface area contributed by atoms with Gasteiger partial charge in [0.15, 0.2) is 0 Å². The highest BCUT2D eigenvalue weighted by Crippen LogP contribution is 2.37. The largest absolute Gasteiger partial charge is 0.374 e. The second kappa shape index (κ2) is 5.69. The van der Waals surface area contributed by atoms with Crippen molar-refractivity contribution < 1.29 is 4.74 Å². The maximum Gasteiger partial charge on any atom is 0.227 e. The summed E-state index contributed by atoms with van der Waals surface area (Å²) >= 11 is 0. The highest BCUT2D eigenvalue weighted by atomic mass is 16.5. The van der Waals surface area contributed by atoms with E-state index in [-0.39, 0.29) is 0 Å². The molecule has 1 aliphatic carbocycles. The summed E-state index contributed by atoms with van der Waals surface area (Å²) in [6, 6.07) is 0. The SMILES string of the molecule is Cc1nc(N2CCCC2)nc(N2CCO[C@@H](C3CC3)C2)c1C. The number of morpholine rings is 1. The fourth-order valence-corrected chi connectivity index (χ4v) is 3.59. The van der Waals surface area contributed by atoms with E-state index in [1.807, 2.05) is 0 Å². The van der Waals surface area contributed by atoms with Gasteiger partial charge in [0.2, 0.25) is 5.95 Å². The molecule has 0 radical (unpaired) electrons. The molecule has 0 spiro atoms. The minimum absolute atomic E-state index is 0.402. The molecule has 5 nitrogen and oxygen atoms in total. The van der Waals surface area contributed by atoms with Crippen LogP contribution in [0.5, 0.6) is 0 Å². The summed E-state index contributed by atoms with van der Waals surface area (Å²) in [5, 5.41) is 0. The Balaban J connectivity index is 1.61. The van der Waals surface area contributed by atoms with Crippen LogP contribution in [-0.2, 0) is 4.74 Å². The van der Waals surface area contributed by atoms with Gasteiger partial charge in [-0.1, -0.05) is 0 Å². The van der Waals surface area contributed by atoms with Gasteiger partial charge in [-0.3, -0.25) is 0 Å². The van der Waals surface area contributed by atoms with Gasteiger partial charge < -0.3 is 14.5 Å². The van der Waals surface area contributed by atoms with Crippen molar-refractivity contribution in [1.82, 2.24) is 9.97 Å². The topological polar surface area (TPSA) is 41.5 Å². The molecule has 3 heterocycles. The predicted molar refractivity (Wildman–Crippen MR) is 87.6 cm³/mol. The van der Waals surface area contributed by atoms with Crippen LogP contribution in [0.4, 0.5) is 11.8 Å². The molecule has 0 unspecified atom stereocenters. The first-order chi connectivity index (χ1) is 10.7. The van der Waals surface area contributed by atoms with Crippen LogP contribution in [0.25, 0.3) is 0 Å². The molecule has 0 bridgehead atoms. The number of aromatic nitrogens is 2. The molecule has 4 rings (SSSR count). The lowest BCUT2D eigenvalue weighted by Crippen LogP contribution is -2.44. The highest BCUT2D eigenvalue weighted by Gasteiger charge is 2.36. The quantitative estimate of drug-likeness (QED) is 0.857. The Bertz CT molecular complexity index is 552. The van der Waals surface area contributed by atoms with Gasteiger partial charge in [-0.15, -0.1) is 0 Å². The van der Waals surface area contributed by atoms with E-state index in [2.05, 4.69) is 23.6 Å². The van der Waals surface area contributed by atoms with Gasteiger partial charge in [0.1, 0.15) is 5.82 Å². The number of rotatable bonds is 3. The van der Waals surface area contributed by atoms with E-state index < -0.39 is 0 Å². The first kappa shape index (κ1) is 14.2. The monoisotopic (exact) mass is 302 g/mol. The van der Waals surface area contributed by atoms with Crippen molar-refractivity contribution in [3.63, 3.8) is 0 Å². The van der Waals surface area contributed by atoms with E-state index in [1.54, 1.807) is 0 Å². The van der Waals surface area contributed by atoms with E-state index in [0.717, 1.165) is 56.2 Å². The zero-order valence-corrected chi connectivity index (χ0v) is 13.7. The third kappa shape index (κ3) is 2.67. The standard InChI is InChI=1S/C17H26N4O/c1-12-13(2)18-17(20-7-3-4-8-20)19-16(12)21-9-10-22-15(11-21)14-5-6-14/h14-15H,3-11H2,1-2H3/t15-/m1/s1. The Morgan fingerprint density at radius 3 is 2.50 bits per heavy atom. The van der Waals surface area contributed by atoms with Gasteiger partial charge in [-0.25, -0.2) is 4.98 Å². The van der Waals surface area contributed by atoms with Crippen LogP contribution in [0.15, 0.2) is 0 Å². The van der Waals surface area contributed by atoms with Crippen molar-refractivity contribution in [3.05, 3.63) is 11.3 Å². The van der Waals surface area contributed by atoms with Gasteiger partial charge in [0, 0.05) is 37.4 Å². The van der Waals surface area contributed by atoms with Crippen molar-refractivity contribution >= 4 is 11.8 Å². The average Bonchev–Trinajstić information content (AvgIpc) is 3.25. The summed E-state index contributed by atoms with van der Waals surface area (Å²) in [6.07, 6.45) is 5.58. The van der Waals surface area contributed by atoms with E-state index >= 15 is 0 Å². The molecule has 0 amide bonds. The first-order valence-corrected chi connectivity index (χ1v) is 8.69. The zero-order chi connectivity index (χ0) is 15.1. The van der Waals surface area contributed by atoms with Crippen molar-refractivity contribution in [2.45, 2.75) is 45.6 Å². The van der Waals surface area contributed by atoms with Crippen LogP contribution >= 0.6 is 0 Å². The van der Waals surface area contributed by atoms with Crippen molar-refractivity contribution in [3.8, 4) is 0 Å². The van der Waals surface area contributed by atoms with E-state index in [0.29, 0.717) is 6.10 Å². The molecule has 1 aromatic rings. The predicted octanol–water partition coefficient (Wildman–Crippen LogP) is 2.31. The minimum atomic E-state index is 0.402. The molecule has 0 N–H and O–H groups in total. The van der Waals surface area contributed by atoms with Crippen LogP contribution < -0.4 is 9.80 Å². The molecule has 1 atom stereocenters. The second-order valence-electron chi connectivity index (χ2n) is 6.94. The number of hydrogen-bond donors (Lipinski definition) is 0. The van der Waals surface area contributed by atoms with E-state index in [4.69, 9.17) is 14.7 Å². The molecule has 1 aromatic heterocycles. The van der Waals surface area contributed by atoms with Gasteiger partial charge in [-0.2, -0.15) is 4.98 Å². The molecule has 1 saturated carbocycles. The lowest BCUT2D eigenvalue weighted by Gasteiger charge is -2.35. The van der Waals surface area contributed by atoms with Crippen molar-refractivity contribution in [2.75, 3.05) is 42.6 Å². The Morgan fingerprint density at radius 2 is 1.77 bits per heavy atom. The van der Waals surface area contributed by atoms with Crippen molar-refractivity contribution in [1.29, 1.82) is 0 Å². The maximum atomic E-state index is 5.96. The molecule has 5 heteroatoms. The fraction of sp³-hybridized carbons (Fsp3) is 0.765. The number of ether oxygens (including phenoxy) is 1. The first-order valence-electron chi connectivity index (χ1n) is 8.69. The minimum Gasteiger partial charge on any atom is -0.374 e. The molecule has 22 heavy (non-hydrogen) atoms. The summed E-state index contributed by atoms with van der Waals surface area (Å²) in [4.78, 5) is 14.4. The summed E-state index contributed by atoms with van der Waals surface area (Å²) in [7, 11) is 0.